The van der Waals surface area contributed by atoms with E-state index in [0.29, 0.717) is 43.4 Å². The molecule has 2 fully saturated rings. The van der Waals surface area contributed by atoms with Crippen molar-refractivity contribution in [2.24, 2.45) is 0 Å². The number of likely N-dealkylation sites (N-methyl/N-ethyl adjacent to an activating group) is 1. The van der Waals surface area contributed by atoms with Crippen LogP contribution in [0.4, 0.5) is 9.18 Å². The van der Waals surface area contributed by atoms with Gasteiger partial charge in [-0.1, -0.05) is 23.2 Å². The molecule has 2 aromatic rings. The van der Waals surface area contributed by atoms with E-state index in [0.717, 1.165) is 0 Å². The minimum Gasteiger partial charge on any atom is -0.447 e. The van der Waals surface area contributed by atoms with Crippen molar-refractivity contribution in [1.82, 2.24) is 14.8 Å². The molecule has 1 aromatic carbocycles. The van der Waals surface area contributed by atoms with Crippen LogP contribution in [0.5, 0.6) is 0 Å². The average molecular weight is 400 g/mol. The van der Waals surface area contributed by atoms with Gasteiger partial charge in [0, 0.05) is 31.0 Å². The van der Waals surface area contributed by atoms with Gasteiger partial charge in [-0.2, -0.15) is 0 Å². The van der Waals surface area contributed by atoms with E-state index in [1.54, 1.807) is 16.8 Å². The quantitative estimate of drug-likeness (QED) is 0.795. The Bertz CT molecular complexity index is 922. The Hall–Kier alpha value is -1.99. The molecule has 0 atom stereocenters. The molecule has 0 aliphatic carbocycles. The smallest absolute Gasteiger partial charge is 0.410 e. The summed E-state index contributed by atoms with van der Waals surface area (Å²) in [7, 11) is 1.72. The van der Waals surface area contributed by atoms with Crippen LogP contribution in [0.25, 0.3) is 10.9 Å². The summed E-state index contributed by atoms with van der Waals surface area (Å²) >= 11 is 12.3. The predicted octanol–water partition coefficient (Wildman–Crippen LogP) is 3.67. The lowest BCUT2D eigenvalue weighted by Gasteiger charge is -2.41. The van der Waals surface area contributed by atoms with Crippen molar-refractivity contribution < 1.29 is 18.7 Å². The summed E-state index contributed by atoms with van der Waals surface area (Å²) in [6.45, 7) is 1.27. The fourth-order valence-corrected chi connectivity index (χ4v) is 4.31. The molecule has 4 rings (SSSR count). The molecule has 2 saturated heterocycles. The van der Waals surface area contributed by atoms with Crippen LogP contribution < -0.4 is 0 Å². The summed E-state index contributed by atoms with van der Waals surface area (Å²) < 4.78 is 18.8. The van der Waals surface area contributed by atoms with Gasteiger partial charge in [0.15, 0.2) is 0 Å². The molecule has 26 heavy (non-hydrogen) atoms. The molecule has 1 spiro atoms. The van der Waals surface area contributed by atoms with Crippen molar-refractivity contribution in [3.05, 3.63) is 33.7 Å². The Morgan fingerprint density at radius 1 is 1.27 bits per heavy atom. The van der Waals surface area contributed by atoms with Crippen LogP contribution in [0.3, 0.4) is 0 Å². The van der Waals surface area contributed by atoms with E-state index >= 15 is 0 Å². The predicted molar refractivity (Wildman–Crippen MR) is 95.3 cm³/mol. The van der Waals surface area contributed by atoms with Crippen LogP contribution in [0, 0.1) is 5.82 Å². The summed E-state index contributed by atoms with van der Waals surface area (Å²) in [5.74, 6) is -0.863. The van der Waals surface area contributed by atoms with Gasteiger partial charge in [-0.05, 0) is 25.0 Å². The van der Waals surface area contributed by atoms with Gasteiger partial charge in [0.1, 0.15) is 18.1 Å². The maximum absolute atomic E-state index is 13.7. The molecule has 1 aromatic heterocycles. The van der Waals surface area contributed by atoms with Crippen LogP contribution in [-0.4, -0.2) is 59.1 Å². The number of amides is 2. The van der Waals surface area contributed by atoms with Crippen molar-refractivity contribution in [3.63, 3.8) is 0 Å². The van der Waals surface area contributed by atoms with E-state index in [4.69, 9.17) is 27.9 Å². The highest BCUT2D eigenvalue weighted by atomic mass is 35.5. The van der Waals surface area contributed by atoms with Gasteiger partial charge in [-0.15, -0.1) is 0 Å². The maximum Gasteiger partial charge on any atom is 0.410 e. The van der Waals surface area contributed by atoms with Crippen LogP contribution in [0.15, 0.2) is 12.1 Å². The molecular formula is C17H16Cl2FN3O3. The van der Waals surface area contributed by atoms with E-state index in [1.807, 2.05) is 0 Å². The third-order valence-corrected chi connectivity index (χ3v) is 6.19. The molecule has 0 bridgehead atoms. The Kier molecular flexibility index (Phi) is 4.04. The van der Waals surface area contributed by atoms with Gasteiger partial charge in [0.2, 0.25) is 0 Å². The first-order valence-corrected chi connectivity index (χ1v) is 8.95. The Morgan fingerprint density at radius 2 is 1.96 bits per heavy atom. The number of piperidine rings is 1. The first kappa shape index (κ1) is 17.4. The van der Waals surface area contributed by atoms with Gasteiger partial charge in [-0.3, -0.25) is 4.79 Å². The number of fused-ring (bicyclic) bond motifs is 1. The molecule has 9 heteroatoms. The van der Waals surface area contributed by atoms with Gasteiger partial charge in [0.05, 0.1) is 15.6 Å². The molecule has 0 radical (unpaired) electrons. The van der Waals surface area contributed by atoms with Crippen LogP contribution in [0.1, 0.15) is 23.3 Å². The van der Waals surface area contributed by atoms with E-state index in [1.165, 1.54) is 12.1 Å². The Balaban J connectivity index is 1.58. The standard InChI is InChI=1S/C17H16Cl2FN3O3/c1-22-16(25)26-8-17(22)4-6-23(7-5-17)15(24)14-13(19)11-10(21-14)3-2-9(20)12(11)18/h2-3,21H,4-8H2,1H3. The fraction of sp³-hybridized carbons (Fsp3) is 0.412. The SMILES string of the molecule is CN1C(=O)OCC12CCN(C(=O)c1[nH]c3ccc(F)c(Cl)c3c1Cl)CC2. The van der Waals surface area contributed by atoms with E-state index in [9.17, 15) is 14.0 Å². The van der Waals surface area contributed by atoms with Crippen molar-refractivity contribution in [3.8, 4) is 0 Å². The number of rotatable bonds is 1. The molecule has 2 amide bonds. The average Bonchev–Trinajstić information content (AvgIpc) is 3.11. The molecule has 3 heterocycles. The van der Waals surface area contributed by atoms with Gasteiger partial charge in [-0.25, -0.2) is 9.18 Å². The molecule has 0 unspecified atom stereocenters. The lowest BCUT2D eigenvalue weighted by Crippen LogP contribution is -2.54. The van der Waals surface area contributed by atoms with E-state index in [2.05, 4.69) is 4.98 Å². The zero-order chi connectivity index (χ0) is 18.6. The van der Waals surface area contributed by atoms with Crippen molar-refractivity contribution >= 4 is 46.1 Å². The Labute approximate surface area is 158 Å². The minimum absolute atomic E-state index is 0.108. The van der Waals surface area contributed by atoms with Gasteiger partial charge in [0.25, 0.3) is 5.91 Å². The number of hydrogen-bond donors (Lipinski definition) is 1. The minimum atomic E-state index is -0.590. The maximum atomic E-state index is 13.7. The van der Waals surface area contributed by atoms with E-state index < -0.39 is 5.82 Å². The topological polar surface area (TPSA) is 65.6 Å². The second-order valence-corrected chi connectivity index (χ2v) is 7.48. The number of ether oxygens (including phenoxy) is 1. The summed E-state index contributed by atoms with van der Waals surface area (Å²) in [5, 5.41) is 0.314. The summed E-state index contributed by atoms with van der Waals surface area (Å²) in [6, 6.07) is 2.73. The fourth-order valence-electron chi connectivity index (χ4n) is 3.68. The van der Waals surface area contributed by atoms with Crippen LogP contribution >= 0.6 is 23.2 Å². The van der Waals surface area contributed by atoms with Crippen LogP contribution in [-0.2, 0) is 4.74 Å². The highest BCUT2D eigenvalue weighted by Crippen LogP contribution is 2.37. The van der Waals surface area contributed by atoms with Crippen molar-refractivity contribution in [2.45, 2.75) is 18.4 Å². The second kappa shape index (κ2) is 6.03. The number of H-pyrrole nitrogens is 1. The summed E-state index contributed by atoms with van der Waals surface area (Å²) in [6.07, 6.45) is 0.905. The zero-order valence-corrected chi connectivity index (χ0v) is 15.5. The van der Waals surface area contributed by atoms with Crippen molar-refractivity contribution in [2.75, 3.05) is 26.7 Å². The van der Waals surface area contributed by atoms with Crippen LogP contribution in [0.2, 0.25) is 10.0 Å². The number of hydrogen-bond acceptors (Lipinski definition) is 3. The molecule has 2 aliphatic heterocycles. The largest absolute Gasteiger partial charge is 0.447 e. The van der Waals surface area contributed by atoms with Gasteiger partial charge >= 0.3 is 6.09 Å². The number of nitrogens with one attached hydrogen (secondary N) is 1. The highest BCUT2D eigenvalue weighted by Gasteiger charge is 2.47. The highest BCUT2D eigenvalue weighted by molar-refractivity contribution is 6.44. The monoisotopic (exact) mass is 399 g/mol. The zero-order valence-electron chi connectivity index (χ0n) is 13.9. The molecular weight excluding hydrogens is 384 g/mol. The van der Waals surface area contributed by atoms with Gasteiger partial charge < -0.3 is 19.5 Å². The Morgan fingerprint density at radius 3 is 2.58 bits per heavy atom. The van der Waals surface area contributed by atoms with Crippen molar-refractivity contribution in [1.29, 1.82) is 0 Å². The number of carbonyl (C=O) groups excluding carboxylic acids is 2. The molecule has 1 N–H and O–H groups in total. The number of aromatic amines is 1. The third-order valence-electron chi connectivity index (χ3n) is 5.44. The number of nitrogens with zero attached hydrogens (tertiary/aromatic N) is 2. The summed E-state index contributed by atoms with van der Waals surface area (Å²) in [4.78, 5) is 30.8. The first-order valence-electron chi connectivity index (χ1n) is 8.19. The number of halogens is 3. The summed E-state index contributed by atoms with van der Waals surface area (Å²) in [5.41, 5.74) is 0.342. The normalized spacial score (nSPS) is 19.5. The lowest BCUT2D eigenvalue weighted by molar-refractivity contribution is 0.0538. The number of cyclic esters (lactones) is 1. The number of likely N-dealkylation sites (tertiary alicyclic amines) is 1. The first-order chi connectivity index (χ1) is 12.3. The lowest BCUT2D eigenvalue weighted by atomic mass is 9.87. The molecule has 138 valence electrons. The number of benzene rings is 1. The third kappa shape index (κ3) is 2.45. The molecule has 6 nitrogen and oxygen atoms in total. The number of aromatic nitrogens is 1. The second-order valence-electron chi connectivity index (χ2n) is 6.73. The number of carbonyl (C=O) groups is 2. The molecule has 2 aliphatic rings. The van der Waals surface area contributed by atoms with E-state index in [-0.39, 0.29) is 33.3 Å². The molecule has 0 saturated carbocycles.